The molecule has 0 amide bonds. The number of anilines is 1. The molecule has 0 fully saturated rings. The Bertz CT molecular complexity index is 1010. The van der Waals surface area contributed by atoms with Crippen LogP contribution in [0.3, 0.4) is 0 Å². The zero-order valence-electron chi connectivity index (χ0n) is 16.0. The summed E-state index contributed by atoms with van der Waals surface area (Å²) in [6.45, 7) is 2.30. The lowest BCUT2D eigenvalue weighted by molar-refractivity contribution is -0.137. The van der Waals surface area contributed by atoms with E-state index in [1.807, 2.05) is 30.5 Å². The third kappa shape index (κ3) is 4.67. The number of thiazole rings is 1. The highest BCUT2D eigenvalue weighted by Crippen LogP contribution is 2.40. The molecule has 4 nitrogen and oxygen atoms in total. The quantitative estimate of drug-likeness (QED) is 0.419. The summed E-state index contributed by atoms with van der Waals surface area (Å²) in [6, 6.07) is 9.49. The first-order valence-electron chi connectivity index (χ1n) is 9.40. The summed E-state index contributed by atoms with van der Waals surface area (Å²) in [4.78, 5) is 5.15. The average Bonchev–Trinajstić information content (AvgIpc) is 3.25. The zero-order valence-corrected chi connectivity index (χ0v) is 17.7. The Kier molecular flexibility index (Phi) is 6.10. The van der Waals surface area contributed by atoms with Gasteiger partial charge in [-0.05, 0) is 54.3 Å². The molecule has 0 spiro atoms. The first-order chi connectivity index (χ1) is 14.4. The van der Waals surface area contributed by atoms with E-state index in [-0.39, 0.29) is 6.10 Å². The number of aryl methyl sites for hydroxylation is 1. The van der Waals surface area contributed by atoms with Crippen LogP contribution in [0.2, 0.25) is 0 Å². The van der Waals surface area contributed by atoms with Gasteiger partial charge >= 0.3 is 6.18 Å². The van der Waals surface area contributed by atoms with Gasteiger partial charge in [-0.15, -0.1) is 11.3 Å². The number of fused-ring (bicyclic) bond motifs is 1. The minimum atomic E-state index is -4.37. The van der Waals surface area contributed by atoms with Gasteiger partial charge < -0.3 is 14.2 Å². The molecule has 1 aliphatic heterocycles. The molecule has 158 valence electrons. The van der Waals surface area contributed by atoms with Crippen molar-refractivity contribution in [3.8, 4) is 11.5 Å². The average molecular weight is 453 g/mol. The van der Waals surface area contributed by atoms with E-state index in [1.165, 1.54) is 35.4 Å². The molecule has 1 unspecified atom stereocenters. The lowest BCUT2D eigenvalue weighted by Crippen LogP contribution is -2.19. The molecular weight excluding hydrogens is 433 g/mol. The molecule has 2 heterocycles. The first kappa shape index (κ1) is 20.9. The van der Waals surface area contributed by atoms with Crippen molar-refractivity contribution in [1.82, 2.24) is 4.98 Å². The van der Waals surface area contributed by atoms with E-state index in [9.17, 15) is 13.2 Å². The molecule has 1 N–H and O–H groups in total. The third-order valence-corrected chi connectivity index (χ3v) is 6.30. The molecule has 30 heavy (non-hydrogen) atoms. The van der Waals surface area contributed by atoms with Crippen LogP contribution in [0.15, 0.2) is 52.9 Å². The summed E-state index contributed by atoms with van der Waals surface area (Å²) >= 11 is 2.95. The Hall–Kier alpha value is -2.39. The van der Waals surface area contributed by atoms with Crippen LogP contribution in [0.5, 0.6) is 11.5 Å². The van der Waals surface area contributed by atoms with Gasteiger partial charge in [-0.25, -0.2) is 4.98 Å². The number of aromatic nitrogens is 1. The minimum Gasteiger partial charge on any atom is -0.493 e. The molecule has 4 rings (SSSR count). The van der Waals surface area contributed by atoms with Gasteiger partial charge in [0.15, 0.2) is 5.13 Å². The fourth-order valence-electron chi connectivity index (χ4n) is 3.20. The van der Waals surface area contributed by atoms with E-state index in [0.29, 0.717) is 30.8 Å². The molecule has 0 saturated heterocycles. The maximum atomic E-state index is 13.0. The largest absolute Gasteiger partial charge is 0.493 e. The molecule has 1 aliphatic rings. The first-order valence-corrected chi connectivity index (χ1v) is 11.1. The smallest absolute Gasteiger partial charge is 0.416 e. The van der Waals surface area contributed by atoms with Gasteiger partial charge in [-0.1, -0.05) is 13.0 Å². The topological polar surface area (TPSA) is 43.4 Å². The monoisotopic (exact) mass is 452 g/mol. The van der Waals surface area contributed by atoms with Gasteiger partial charge in [0, 0.05) is 28.5 Å². The molecule has 3 aromatic rings. The number of benzene rings is 2. The molecule has 0 aliphatic carbocycles. The van der Waals surface area contributed by atoms with Crippen molar-refractivity contribution in [1.29, 1.82) is 0 Å². The molecular formula is C21H19F3N2O2S2. The predicted octanol–water partition coefficient (Wildman–Crippen LogP) is 6.75. The highest BCUT2D eigenvalue weighted by atomic mass is 32.2. The normalized spacial score (nSPS) is 15.9. The van der Waals surface area contributed by atoms with Gasteiger partial charge in [0.1, 0.15) is 17.6 Å². The number of hydrogen-bond acceptors (Lipinski definition) is 6. The highest BCUT2D eigenvalue weighted by Gasteiger charge is 2.31. The molecule has 9 heteroatoms. The fourth-order valence-corrected chi connectivity index (χ4v) is 4.45. The van der Waals surface area contributed by atoms with Crippen LogP contribution in [0.4, 0.5) is 18.3 Å². The number of nitrogens with one attached hydrogen (secondary N) is 1. The van der Waals surface area contributed by atoms with Gasteiger partial charge in [-0.3, -0.25) is 0 Å². The van der Waals surface area contributed by atoms with Crippen LogP contribution in [-0.4, -0.2) is 11.6 Å². The van der Waals surface area contributed by atoms with E-state index in [2.05, 4.69) is 9.71 Å². The van der Waals surface area contributed by atoms with E-state index in [0.717, 1.165) is 27.4 Å². The second-order valence-electron chi connectivity index (χ2n) is 6.66. The van der Waals surface area contributed by atoms with Gasteiger partial charge in [-0.2, -0.15) is 13.2 Å². The molecule has 2 aromatic carbocycles. The van der Waals surface area contributed by atoms with Gasteiger partial charge in [0.05, 0.1) is 12.2 Å². The number of halogens is 3. The summed E-state index contributed by atoms with van der Waals surface area (Å²) in [7, 11) is 0. The van der Waals surface area contributed by atoms with E-state index < -0.39 is 11.7 Å². The number of nitrogens with zero attached hydrogens (tertiary/aromatic N) is 1. The Balaban J connectivity index is 1.52. The second kappa shape index (κ2) is 8.77. The molecule has 1 aromatic heterocycles. The van der Waals surface area contributed by atoms with Crippen molar-refractivity contribution in [3.05, 3.63) is 64.7 Å². The van der Waals surface area contributed by atoms with Crippen molar-refractivity contribution in [2.75, 3.05) is 11.3 Å². The van der Waals surface area contributed by atoms with Crippen molar-refractivity contribution in [3.63, 3.8) is 0 Å². The Labute approximate surface area is 180 Å². The highest BCUT2D eigenvalue weighted by molar-refractivity contribution is 8.00. The van der Waals surface area contributed by atoms with Crippen LogP contribution >= 0.6 is 23.3 Å². The number of ether oxygens (including phenoxy) is 2. The third-order valence-electron chi connectivity index (χ3n) is 4.70. The van der Waals surface area contributed by atoms with Crippen LogP contribution < -0.4 is 14.2 Å². The molecule has 0 radical (unpaired) electrons. The summed E-state index contributed by atoms with van der Waals surface area (Å²) < 4.78 is 54.2. The Morgan fingerprint density at radius 1 is 1.27 bits per heavy atom. The van der Waals surface area contributed by atoms with Gasteiger partial charge in [0.2, 0.25) is 0 Å². The maximum absolute atomic E-state index is 13.0. The van der Waals surface area contributed by atoms with Crippen molar-refractivity contribution in [2.24, 2.45) is 0 Å². The van der Waals surface area contributed by atoms with Crippen molar-refractivity contribution < 1.29 is 22.6 Å². The summed E-state index contributed by atoms with van der Waals surface area (Å²) in [5, 5.41) is 2.71. The second-order valence-corrected chi connectivity index (χ2v) is 8.43. The van der Waals surface area contributed by atoms with Crippen LogP contribution in [0.1, 0.15) is 36.1 Å². The van der Waals surface area contributed by atoms with Gasteiger partial charge in [0.25, 0.3) is 0 Å². The summed E-state index contributed by atoms with van der Waals surface area (Å²) in [5.41, 5.74) is 0.771. The maximum Gasteiger partial charge on any atom is 0.416 e. The Morgan fingerprint density at radius 3 is 2.87 bits per heavy atom. The number of hydrogen-bond donors (Lipinski definition) is 1. The molecule has 0 saturated carbocycles. The molecule has 0 bridgehead atoms. The van der Waals surface area contributed by atoms with E-state index in [1.54, 1.807) is 6.20 Å². The summed E-state index contributed by atoms with van der Waals surface area (Å²) in [5.74, 6) is 1.20. The lowest BCUT2D eigenvalue weighted by atomic mass is 10.0. The SMILES string of the molecule is CCc1cc(C(F)(F)F)ccc1OC1CCOc2cc(SNc3nccs3)ccc21. The van der Waals surface area contributed by atoms with Crippen LogP contribution in [0, 0.1) is 0 Å². The number of alkyl halides is 3. The molecule has 1 atom stereocenters. The van der Waals surface area contributed by atoms with E-state index in [4.69, 9.17) is 9.47 Å². The standard InChI is InChI=1S/C21H19F3N2O2S2/c1-2-13-11-14(21(22,23)24)3-6-17(13)28-18-7-9-27-19-12-15(4-5-16(18)19)30-26-20-25-8-10-29-20/h3-6,8,10-12,18H,2,7,9H2,1H3,(H,25,26). The summed E-state index contributed by atoms with van der Waals surface area (Å²) in [6.07, 6.45) is -1.83. The zero-order chi connectivity index (χ0) is 21.1. The minimum absolute atomic E-state index is 0.276. The Morgan fingerprint density at radius 2 is 2.13 bits per heavy atom. The van der Waals surface area contributed by atoms with Crippen LogP contribution in [0.25, 0.3) is 0 Å². The number of rotatable bonds is 6. The van der Waals surface area contributed by atoms with Crippen molar-refractivity contribution in [2.45, 2.75) is 36.9 Å². The lowest BCUT2D eigenvalue weighted by Gasteiger charge is -2.28. The van der Waals surface area contributed by atoms with E-state index >= 15 is 0 Å². The predicted molar refractivity (Wildman–Crippen MR) is 112 cm³/mol. The fraction of sp³-hybridized carbons (Fsp3) is 0.286. The van der Waals surface area contributed by atoms with Crippen LogP contribution in [-0.2, 0) is 12.6 Å². The van der Waals surface area contributed by atoms with Crippen molar-refractivity contribution >= 4 is 28.4 Å².